The third kappa shape index (κ3) is 3.67. The van der Waals surface area contributed by atoms with Crippen molar-refractivity contribution in [2.24, 2.45) is 5.92 Å². The average Bonchev–Trinajstić information content (AvgIpc) is 2.38. The Morgan fingerprint density at radius 2 is 1.50 bits per heavy atom. The summed E-state index contributed by atoms with van der Waals surface area (Å²) in [7, 11) is 0. The topological polar surface area (TPSA) is 69.9 Å². The van der Waals surface area contributed by atoms with Crippen molar-refractivity contribution in [3.8, 4) is 0 Å². The summed E-state index contributed by atoms with van der Waals surface area (Å²) in [5, 5.41) is 29.7. The van der Waals surface area contributed by atoms with Crippen LogP contribution in [0.2, 0.25) is 0 Å². The highest BCUT2D eigenvalue weighted by molar-refractivity contribution is 4.81. The van der Waals surface area contributed by atoms with Gasteiger partial charge < -0.3 is 20.1 Å². The van der Waals surface area contributed by atoms with E-state index < -0.39 is 12.2 Å². The molecule has 2 aliphatic rings. The summed E-state index contributed by atoms with van der Waals surface area (Å²) in [6, 6.07) is 0. The molecule has 0 spiro atoms. The van der Waals surface area contributed by atoms with Crippen molar-refractivity contribution in [3.63, 3.8) is 0 Å². The van der Waals surface area contributed by atoms with Gasteiger partial charge in [-0.2, -0.15) is 0 Å². The van der Waals surface area contributed by atoms with E-state index in [9.17, 15) is 15.3 Å². The fraction of sp³-hybridized carbons (Fsp3) is 1.00. The Labute approximate surface area is 109 Å². The van der Waals surface area contributed by atoms with Crippen molar-refractivity contribution >= 4 is 0 Å². The Kier molecular flexibility index (Phi) is 5.42. The molecule has 5 atom stereocenters. The molecule has 4 nitrogen and oxygen atoms in total. The SMILES string of the molecule is OC1CCCCC1OCC(O)C1CCCCC1O. The van der Waals surface area contributed by atoms with Crippen LogP contribution >= 0.6 is 0 Å². The van der Waals surface area contributed by atoms with Gasteiger partial charge in [0.05, 0.1) is 31.0 Å². The molecule has 0 aromatic heterocycles. The summed E-state index contributed by atoms with van der Waals surface area (Å²) < 4.78 is 5.65. The minimum Gasteiger partial charge on any atom is -0.393 e. The minimum atomic E-state index is -0.602. The molecule has 0 saturated heterocycles. The van der Waals surface area contributed by atoms with Crippen molar-refractivity contribution in [2.45, 2.75) is 75.8 Å². The van der Waals surface area contributed by atoms with Gasteiger partial charge in [-0.15, -0.1) is 0 Å². The van der Waals surface area contributed by atoms with Gasteiger partial charge in [-0.3, -0.25) is 0 Å². The number of hydrogen-bond acceptors (Lipinski definition) is 4. The van der Waals surface area contributed by atoms with Crippen LogP contribution in [0.3, 0.4) is 0 Å². The van der Waals surface area contributed by atoms with E-state index in [1.165, 1.54) is 0 Å². The van der Waals surface area contributed by atoms with Crippen LogP contribution in [-0.4, -0.2) is 46.3 Å². The van der Waals surface area contributed by atoms with Crippen LogP contribution in [0, 0.1) is 5.92 Å². The smallest absolute Gasteiger partial charge is 0.0835 e. The van der Waals surface area contributed by atoms with E-state index >= 15 is 0 Å². The summed E-state index contributed by atoms with van der Waals surface area (Å²) in [6.07, 6.45) is 6.09. The fourth-order valence-corrected chi connectivity index (χ4v) is 3.21. The Morgan fingerprint density at radius 3 is 2.17 bits per heavy atom. The molecule has 4 heteroatoms. The molecule has 0 heterocycles. The number of aliphatic hydroxyl groups is 3. The molecule has 2 aliphatic carbocycles. The second-order valence-corrected chi connectivity index (χ2v) is 5.81. The summed E-state index contributed by atoms with van der Waals surface area (Å²) in [5.41, 5.74) is 0. The molecular formula is C14H26O4. The van der Waals surface area contributed by atoms with Gasteiger partial charge in [0.25, 0.3) is 0 Å². The Morgan fingerprint density at radius 1 is 0.889 bits per heavy atom. The van der Waals surface area contributed by atoms with Gasteiger partial charge in [-0.05, 0) is 25.7 Å². The first-order valence-corrected chi connectivity index (χ1v) is 7.34. The van der Waals surface area contributed by atoms with Gasteiger partial charge in [0.2, 0.25) is 0 Å². The predicted octanol–water partition coefficient (Wildman–Crippen LogP) is 1.22. The highest BCUT2D eigenvalue weighted by Gasteiger charge is 2.31. The third-order valence-corrected chi connectivity index (χ3v) is 4.42. The molecular weight excluding hydrogens is 232 g/mol. The molecule has 0 aliphatic heterocycles. The molecule has 2 fully saturated rings. The molecule has 0 aromatic carbocycles. The largest absolute Gasteiger partial charge is 0.393 e. The summed E-state index contributed by atoms with van der Waals surface area (Å²) in [5.74, 6) is -0.0560. The van der Waals surface area contributed by atoms with Crippen molar-refractivity contribution < 1.29 is 20.1 Å². The van der Waals surface area contributed by atoms with Crippen LogP contribution in [0.1, 0.15) is 51.4 Å². The van der Waals surface area contributed by atoms with Crippen LogP contribution in [-0.2, 0) is 4.74 Å². The van der Waals surface area contributed by atoms with E-state index in [-0.39, 0.29) is 24.7 Å². The lowest BCUT2D eigenvalue weighted by atomic mass is 9.83. The highest BCUT2D eigenvalue weighted by Crippen LogP contribution is 2.28. The number of rotatable bonds is 4. The normalized spacial score (nSPS) is 39.5. The van der Waals surface area contributed by atoms with E-state index in [0.29, 0.717) is 0 Å². The lowest BCUT2D eigenvalue weighted by Crippen LogP contribution is -2.40. The van der Waals surface area contributed by atoms with Crippen LogP contribution in [0.5, 0.6) is 0 Å². The molecule has 0 aromatic rings. The molecule has 106 valence electrons. The lowest BCUT2D eigenvalue weighted by Gasteiger charge is -2.33. The third-order valence-electron chi connectivity index (χ3n) is 4.42. The maximum Gasteiger partial charge on any atom is 0.0835 e. The first-order chi connectivity index (χ1) is 8.68. The van der Waals surface area contributed by atoms with E-state index in [1.807, 2.05) is 0 Å². The summed E-state index contributed by atoms with van der Waals surface area (Å²) in [4.78, 5) is 0. The van der Waals surface area contributed by atoms with Gasteiger partial charge in [0.1, 0.15) is 0 Å². The van der Waals surface area contributed by atoms with Gasteiger partial charge in [0, 0.05) is 5.92 Å². The zero-order valence-corrected chi connectivity index (χ0v) is 11.0. The zero-order chi connectivity index (χ0) is 13.0. The van der Waals surface area contributed by atoms with Crippen LogP contribution in [0.25, 0.3) is 0 Å². The molecule has 0 bridgehead atoms. The number of ether oxygens (including phenoxy) is 1. The van der Waals surface area contributed by atoms with Crippen molar-refractivity contribution in [3.05, 3.63) is 0 Å². The van der Waals surface area contributed by atoms with E-state index in [4.69, 9.17) is 4.74 Å². The molecule has 0 amide bonds. The van der Waals surface area contributed by atoms with Crippen LogP contribution in [0.4, 0.5) is 0 Å². The van der Waals surface area contributed by atoms with E-state index in [0.717, 1.165) is 51.4 Å². The second-order valence-electron chi connectivity index (χ2n) is 5.81. The lowest BCUT2D eigenvalue weighted by molar-refractivity contribution is -0.107. The molecule has 5 unspecified atom stereocenters. The Bertz CT molecular complexity index is 246. The van der Waals surface area contributed by atoms with Gasteiger partial charge >= 0.3 is 0 Å². The summed E-state index contributed by atoms with van der Waals surface area (Å²) in [6.45, 7) is 0.240. The fourth-order valence-electron chi connectivity index (χ4n) is 3.21. The van der Waals surface area contributed by atoms with Crippen LogP contribution < -0.4 is 0 Å². The van der Waals surface area contributed by atoms with E-state index in [2.05, 4.69) is 0 Å². The average molecular weight is 258 g/mol. The molecule has 0 radical (unpaired) electrons. The van der Waals surface area contributed by atoms with E-state index in [1.54, 1.807) is 0 Å². The quantitative estimate of drug-likeness (QED) is 0.709. The number of hydrogen-bond donors (Lipinski definition) is 3. The minimum absolute atomic E-state index is 0.0560. The predicted molar refractivity (Wildman–Crippen MR) is 68.2 cm³/mol. The molecule has 3 N–H and O–H groups in total. The molecule has 2 saturated carbocycles. The Hall–Kier alpha value is -0.160. The van der Waals surface area contributed by atoms with Crippen molar-refractivity contribution in [1.82, 2.24) is 0 Å². The first-order valence-electron chi connectivity index (χ1n) is 7.34. The second kappa shape index (κ2) is 6.85. The standard InChI is InChI=1S/C14H26O4/c15-11-6-2-1-5-10(11)13(17)9-18-14-8-4-3-7-12(14)16/h10-17H,1-9H2. The highest BCUT2D eigenvalue weighted by atomic mass is 16.5. The van der Waals surface area contributed by atoms with Gasteiger partial charge in [-0.1, -0.05) is 25.7 Å². The Balaban J connectivity index is 1.74. The van der Waals surface area contributed by atoms with Gasteiger partial charge in [-0.25, -0.2) is 0 Å². The maximum atomic E-state index is 10.1. The zero-order valence-electron chi connectivity index (χ0n) is 11.0. The number of aliphatic hydroxyl groups excluding tert-OH is 3. The summed E-state index contributed by atoms with van der Waals surface area (Å²) >= 11 is 0. The van der Waals surface area contributed by atoms with Crippen LogP contribution in [0.15, 0.2) is 0 Å². The van der Waals surface area contributed by atoms with Crippen molar-refractivity contribution in [2.75, 3.05) is 6.61 Å². The molecule has 18 heavy (non-hydrogen) atoms. The molecule has 2 rings (SSSR count). The maximum absolute atomic E-state index is 10.1. The van der Waals surface area contributed by atoms with Crippen molar-refractivity contribution in [1.29, 1.82) is 0 Å². The van der Waals surface area contributed by atoms with Gasteiger partial charge in [0.15, 0.2) is 0 Å². The monoisotopic (exact) mass is 258 g/mol. The first kappa shape index (κ1) is 14.3.